The van der Waals surface area contributed by atoms with Crippen LogP contribution in [0.25, 0.3) is 49.9 Å². The summed E-state index contributed by atoms with van der Waals surface area (Å²) in [4.78, 5) is 22.8. The Bertz CT molecular complexity index is 4240. The van der Waals surface area contributed by atoms with Crippen molar-refractivity contribution in [3.8, 4) is 49.9 Å². The number of hydrogen-bond acceptors (Lipinski definition) is 7. The molecule has 0 saturated heterocycles. The topological polar surface area (TPSA) is 74.1 Å². The minimum atomic E-state index is -1.27. The number of nitriles is 1. The molecule has 0 aliphatic rings. The van der Waals surface area contributed by atoms with E-state index >= 15 is 0 Å². The van der Waals surface area contributed by atoms with Crippen LogP contribution in [-0.2, 0) is 4.79 Å². The lowest BCUT2D eigenvalue weighted by Gasteiger charge is -2.27. The third-order valence-electron chi connectivity index (χ3n) is 15.5. The van der Waals surface area contributed by atoms with Crippen molar-refractivity contribution in [3.05, 3.63) is 344 Å². The Morgan fingerprint density at radius 1 is 0.307 bits per heavy atom. The standard InChI is InChI=1S/C80H57N5O2S/c81-57-64(80(86)87)55-77-56-78(62-39-51-75(52-40-62)84(69-27-15-5-16-28-69)70-29-17-6-18-30-70)79(88-77)63-41-53-76(54-42-63)85(73-47-35-60(36-48-73)58-31-43-71(44-32-58)82(65-19-7-1-8-20-65)66-21-9-2-10-22-66)74-49-37-61(38-50-74)59-33-45-72(46-34-59)83(67-23-11-3-12-24-67)68-25-13-4-14-26-68/h1-56H,(H,86,87)/b64-55+. The van der Waals surface area contributed by atoms with Gasteiger partial charge in [-0.25, -0.2) is 4.79 Å². The zero-order valence-electron chi connectivity index (χ0n) is 47.8. The number of carboxylic acids is 1. The fourth-order valence-corrected chi connectivity index (χ4v) is 12.3. The number of carboxylic acid groups (broad SMARTS) is 1. The molecule has 0 aliphatic heterocycles. The van der Waals surface area contributed by atoms with E-state index in [0.717, 1.165) is 112 Å². The lowest BCUT2D eigenvalue weighted by Crippen LogP contribution is -2.10. The number of benzene rings is 12. The van der Waals surface area contributed by atoms with E-state index in [0.29, 0.717) is 4.88 Å². The van der Waals surface area contributed by atoms with Crippen molar-refractivity contribution in [1.82, 2.24) is 0 Å². The molecule has 0 saturated carbocycles. The largest absolute Gasteiger partial charge is 0.477 e. The van der Waals surface area contributed by atoms with Gasteiger partial charge in [0.25, 0.3) is 0 Å². The van der Waals surface area contributed by atoms with Crippen LogP contribution in [0.5, 0.6) is 0 Å². The first-order valence-corrected chi connectivity index (χ1v) is 29.9. The predicted octanol–water partition coefficient (Wildman–Crippen LogP) is 22.3. The van der Waals surface area contributed by atoms with E-state index in [4.69, 9.17) is 0 Å². The van der Waals surface area contributed by atoms with Gasteiger partial charge in [0.15, 0.2) is 0 Å². The van der Waals surface area contributed by atoms with Gasteiger partial charge in [-0.3, -0.25) is 0 Å². The molecule has 0 atom stereocenters. The zero-order chi connectivity index (χ0) is 59.6. The summed E-state index contributed by atoms with van der Waals surface area (Å²) in [6, 6.07) is 118. The highest BCUT2D eigenvalue weighted by molar-refractivity contribution is 7.17. The molecule has 1 N–H and O–H groups in total. The molecule has 0 fully saturated rings. The first-order chi connectivity index (χ1) is 43.4. The molecular weight excluding hydrogens is 1090 g/mol. The summed E-state index contributed by atoms with van der Waals surface area (Å²) in [5, 5.41) is 19.8. The van der Waals surface area contributed by atoms with Gasteiger partial charge in [0.1, 0.15) is 11.6 Å². The number of hydrogen-bond donors (Lipinski definition) is 1. The van der Waals surface area contributed by atoms with E-state index in [1.807, 2.05) is 72.8 Å². The summed E-state index contributed by atoms with van der Waals surface area (Å²) in [7, 11) is 0. The van der Waals surface area contributed by atoms with E-state index in [1.165, 1.54) is 17.4 Å². The molecule has 13 aromatic rings. The molecule has 12 aromatic carbocycles. The second-order valence-corrected chi connectivity index (χ2v) is 22.1. The Balaban J connectivity index is 0.849. The first kappa shape index (κ1) is 55.4. The zero-order valence-corrected chi connectivity index (χ0v) is 48.6. The van der Waals surface area contributed by atoms with Crippen molar-refractivity contribution in [2.45, 2.75) is 0 Å². The van der Waals surface area contributed by atoms with Crippen molar-refractivity contribution in [2.24, 2.45) is 0 Å². The van der Waals surface area contributed by atoms with E-state index in [2.05, 4.69) is 287 Å². The number of nitrogens with zero attached hydrogens (tertiary/aromatic N) is 5. The maximum Gasteiger partial charge on any atom is 0.346 e. The SMILES string of the molecule is N#C/C(=C\c1cc(-c2ccc(N(c3ccccc3)c3ccccc3)cc2)c(-c2ccc(N(c3ccc(-c4ccc(N(c5ccccc5)c5ccccc5)cc4)cc3)c3ccc(-c4ccc(N(c5ccccc5)c5ccccc5)cc4)cc3)cc2)s1)C(=O)O. The number of aliphatic carboxylic acids is 1. The van der Waals surface area contributed by atoms with Crippen LogP contribution in [-0.4, -0.2) is 11.1 Å². The molecule has 0 aliphatic carbocycles. The van der Waals surface area contributed by atoms with E-state index < -0.39 is 5.97 Å². The molecule has 0 unspecified atom stereocenters. The number of rotatable bonds is 18. The summed E-state index contributed by atoms with van der Waals surface area (Å²) < 4.78 is 0. The van der Waals surface area contributed by atoms with Crippen LogP contribution in [0.1, 0.15) is 4.88 Å². The molecule has 0 radical (unpaired) electrons. The van der Waals surface area contributed by atoms with Crippen LogP contribution >= 0.6 is 11.3 Å². The molecule has 0 bridgehead atoms. The highest BCUT2D eigenvalue weighted by atomic mass is 32.1. The van der Waals surface area contributed by atoms with E-state index in [9.17, 15) is 15.2 Å². The van der Waals surface area contributed by atoms with Gasteiger partial charge in [0.05, 0.1) is 0 Å². The maximum atomic E-state index is 12.2. The average Bonchev–Trinajstić information content (AvgIpc) is 3.11. The third kappa shape index (κ3) is 12.0. The second-order valence-electron chi connectivity index (χ2n) is 21.0. The van der Waals surface area contributed by atoms with Crippen LogP contribution in [0.15, 0.2) is 339 Å². The number of para-hydroxylation sites is 6. The van der Waals surface area contributed by atoms with E-state index in [-0.39, 0.29) is 5.57 Å². The quantitative estimate of drug-likeness (QED) is 0.0678. The molecule has 7 nitrogen and oxygen atoms in total. The molecule has 13 rings (SSSR count). The highest BCUT2D eigenvalue weighted by Gasteiger charge is 2.21. The summed E-state index contributed by atoms with van der Waals surface area (Å²) in [6.45, 7) is 0. The lowest BCUT2D eigenvalue weighted by molar-refractivity contribution is -0.132. The summed E-state index contributed by atoms with van der Waals surface area (Å²) >= 11 is 1.46. The Labute approximate surface area is 517 Å². The van der Waals surface area contributed by atoms with Gasteiger partial charge in [0.2, 0.25) is 0 Å². The molecule has 420 valence electrons. The Morgan fingerprint density at radius 2 is 0.523 bits per heavy atom. The smallest absolute Gasteiger partial charge is 0.346 e. The molecule has 0 spiro atoms. The van der Waals surface area contributed by atoms with Crippen LogP contribution in [0.2, 0.25) is 0 Å². The molecule has 1 heterocycles. The minimum absolute atomic E-state index is 0.330. The highest BCUT2D eigenvalue weighted by Crippen LogP contribution is 2.45. The Morgan fingerprint density at radius 3 is 0.750 bits per heavy atom. The van der Waals surface area contributed by atoms with Gasteiger partial charge in [-0.1, -0.05) is 182 Å². The van der Waals surface area contributed by atoms with Gasteiger partial charge < -0.3 is 24.7 Å². The number of thiophene rings is 1. The van der Waals surface area contributed by atoms with Gasteiger partial charge in [-0.05, 0) is 191 Å². The number of anilines is 12. The van der Waals surface area contributed by atoms with Crippen LogP contribution in [0.3, 0.4) is 0 Å². The second kappa shape index (κ2) is 25.6. The molecule has 88 heavy (non-hydrogen) atoms. The molecular formula is C80H57N5O2S. The lowest BCUT2D eigenvalue weighted by atomic mass is 10.0. The van der Waals surface area contributed by atoms with Gasteiger partial charge in [-0.15, -0.1) is 11.3 Å². The maximum absolute atomic E-state index is 12.2. The molecule has 8 heteroatoms. The first-order valence-electron chi connectivity index (χ1n) is 29.0. The summed E-state index contributed by atoms with van der Waals surface area (Å²) in [6.07, 6.45) is 1.46. The minimum Gasteiger partial charge on any atom is -0.477 e. The monoisotopic (exact) mass is 1150 g/mol. The Hall–Kier alpha value is -11.8. The fourth-order valence-electron chi connectivity index (χ4n) is 11.2. The van der Waals surface area contributed by atoms with Crippen LogP contribution < -0.4 is 19.6 Å². The Kier molecular flexibility index (Phi) is 16.1. The van der Waals surface area contributed by atoms with Crippen molar-refractivity contribution in [1.29, 1.82) is 5.26 Å². The molecule has 0 amide bonds. The normalized spacial score (nSPS) is 11.1. The van der Waals surface area contributed by atoms with Gasteiger partial charge >= 0.3 is 5.97 Å². The molecule has 1 aromatic heterocycles. The van der Waals surface area contributed by atoms with Crippen LogP contribution in [0, 0.1) is 11.3 Å². The van der Waals surface area contributed by atoms with Crippen molar-refractivity contribution in [3.63, 3.8) is 0 Å². The third-order valence-corrected chi connectivity index (χ3v) is 16.6. The summed E-state index contributed by atoms with van der Waals surface area (Å²) in [5.41, 5.74) is 19.3. The fraction of sp³-hybridized carbons (Fsp3) is 0. The number of carbonyl (C=O) groups is 1. The summed E-state index contributed by atoms with van der Waals surface area (Å²) in [5.74, 6) is -1.27. The van der Waals surface area contributed by atoms with Crippen molar-refractivity contribution >= 4 is 91.6 Å². The predicted molar refractivity (Wildman–Crippen MR) is 366 cm³/mol. The van der Waals surface area contributed by atoms with Crippen molar-refractivity contribution in [2.75, 3.05) is 19.6 Å². The van der Waals surface area contributed by atoms with E-state index in [1.54, 1.807) is 0 Å². The van der Waals surface area contributed by atoms with Gasteiger partial charge in [-0.2, -0.15) is 5.26 Å². The van der Waals surface area contributed by atoms with Crippen molar-refractivity contribution < 1.29 is 9.90 Å². The van der Waals surface area contributed by atoms with Gasteiger partial charge in [0, 0.05) is 83.6 Å². The van der Waals surface area contributed by atoms with Crippen LogP contribution in [0.4, 0.5) is 68.2 Å². The average molecular weight is 1150 g/mol.